The van der Waals surface area contributed by atoms with Gasteiger partial charge in [0, 0.05) is 27.2 Å². The summed E-state index contributed by atoms with van der Waals surface area (Å²) in [5.41, 5.74) is 4.28. The van der Waals surface area contributed by atoms with Crippen molar-refractivity contribution < 1.29 is 13.5 Å². The molecule has 0 unspecified atom stereocenters. The molecule has 16 heavy (non-hydrogen) atoms. The van der Waals surface area contributed by atoms with E-state index in [0.717, 1.165) is 4.31 Å². The van der Waals surface area contributed by atoms with Crippen LogP contribution in [-0.4, -0.2) is 61.5 Å². The molecular formula is C9H23N3O3S. The van der Waals surface area contributed by atoms with Crippen molar-refractivity contribution in [2.75, 3.05) is 33.7 Å². The van der Waals surface area contributed by atoms with E-state index >= 15 is 0 Å². The maximum absolute atomic E-state index is 11.9. The number of nitrogens with two attached hydrogens (primary N) is 1. The average molecular weight is 253 g/mol. The topological polar surface area (TPSA) is 86.9 Å². The molecule has 7 heteroatoms. The second-order valence-corrected chi connectivity index (χ2v) is 6.68. The molecule has 0 radical (unpaired) electrons. The van der Waals surface area contributed by atoms with E-state index in [9.17, 15) is 13.5 Å². The van der Waals surface area contributed by atoms with E-state index in [-0.39, 0.29) is 6.54 Å². The van der Waals surface area contributed by atoms with Crippen LogP contribution in [0.2, 0.25) is 0 Å². The molecular weight excluding hydrogens is 230 g/mol. The van der Waals surface area contributed by atoms with Crippen molar-refractivity contribution in [1.29, 1.82) is 0 Å². The van der Waals surface area contributed by atoms with Gasteiger partial charge in [-0.3, -0.25) is 0 Å². The van der Waals surface area contributed by atoms with Crippen LogP contribution in [0.4, 0.5) is 0 Å². The molecule has 0 bridgehead atoms. The molecule has 3 N–H and O–H groups in total. The van der Waals surface area contributed by atoms with Gasteiger partial charge in [0.15, 0.2) is 0 Å². The zero-order valence-corrected chi connectivity index (χ0v) is 11.3. The lowest BCUT2D eigenvalue weighted by Gasteiger charge is -2.28. The molecule has 98 valence electrons. The fourth-order valence-corrected chi connectivity index (χ4v) is 2.61. The van der Waals surface area contributed by atoms with E-state index in [0.29, 0.717) is 19.5 Å². The summed E-state index contributed by atoms with van der Waals surface area (Å²) in [5, 5.41) is 9.56. The molecule has 0 saturated carbocycles. The summed E-state index contributed by atoms with van der Waals surface area (Å²) >= 11 is 0. The maximum Gasteiger partial charge on any atom is 0.281 e. The first-order valence-electron chi connectivity index (χ1n) is 5.21. The third-order valence-corrected chi connectivity index (χ3v) is 3.96. The largest absolute Gasteiger partial charge is 0.389 e. The number of aliphatic hydroxyl groups is 1. The van der Waals surface area contributed by atoms with Gasteiger partial charge in [0.25, 0.3) is 10.2 Å². The number of nitrogens with zero attached hydrogens (tertiary/aromatic N) is 2. The van der Waals surface area contributed by atoms with Gasteiger partial charge in [-0.05, 0) is 26.8 Å². The minimum atomic E-state index is -3.49. The van der Waals surface area contributed by atoms with Crippen LogP contribution in [0.15, 0.2) is 0 Å². The van der Waals surface area contributed by atoms with Gasteiger partial charge in [-0.1, -0.05) is 0 Å². The molecule has 0 fully saturated rings. The molecule has 0 aliphatic heterocycles. The highest BCUT2D eigenvalue weighted by molar-refractivity contribution is 7.86. The van der Waals surface area contributed by atoms with Crippen molar-refractivity contribution in [3.63, 3.8) is 0 Å². The second kappa shape index (κ2) is 5.92. The fourth-order valence-electron chi connectivity index (χ4n) is 1.29. The normalized spacial score (nSPS) is 13.8. The van der Waals surface area contributed by atoms with Crippen molar-refractivity contribution in [3.05, 3.63) is 0 Å². The third kappa shape index (κ3) is 5.22. The highest BCUT2D eigenvalue weighted by Gasteiger charge is 2.27. The van der Waals surface area contributed by atoms with Crippen molar-refractivity contribution in [2.24, 2.45) is 5.73 Å². The monoisotopic (exact) mass is 253 g/mol. The molecule has 0 atom stereocenters. The van der Waals surface area contributed by atoms with Crippen molar-refractivity contribution in [1.82, 2.24) is 8.61 Å². The van der Waals surface area contributed by atoms with E-state index < -0.39 is 15.8 Å². The standard InChI is InChI=1S/C9H23N3O3S/c1-9(2,13)8-12(4)16(14,15)11(3)7-5-6-10/h13H,5-8,10H2,1-4H3. The van der Waals surface area contributed by atoms with E-state index in [2.05, 4.69) is 0 Å². The Labute approximate surface area is 98.2 Å². The lowest BCUT2D eigenvalue weighted by molar-refractivity contribution is 0.0627. The zero-order valence-electron chi connectivity index (χ0n) is 10.5. The van der Waals surface area contributed by atoms with Gasteiger partial charge < -0.3 is 10.8 Å². The van der Waals surface area contributed by atoms with Crippen molar-refractivity contribution in [2.45, 2.75) is 25.9 Å². The zero-order chi connectivity index (χ0) is 13.0. The average Bonchev–Trinajstić information content (AvgIpc) is 2.11. The number of likely N-dealkylation sites (N-methyl/N-ethyl adjacent to an activating group) is 1. The van der Waals surface area contributed by atoms with Crippen LogP contribution in [0.5, 0.6) is 0 Å². The Morgan fingerprint density at radius 2 is 1.75 bits per heavy atom. The summed E-state index contributed by atoms with van der Waals surface area (Å²) in [4.78, 5) is 0. The summed E-state index contributed by atoms with van der Waals surface area (Å²) in [6.07, 6.45) is 0.617. The molecule has 0 aromatic carbocycles. The Balaban J connectivity index is 4.53. The molecule has 0 rings (SSSR count). The first-order chi connectivity index (χ1) is 7.11. The second-order valence-electron chi connectivity index (χ2n) is 4.54. The van der Waals surface area contributed by atoms with Crippen LogP contribution in [0.3, 0.4) is 0 Å². The molecule has 0 amide bonds. The Morgan fingerprint density at radius 3 is 2.12 bits per heavy atom. The molecule has 0 aliphatic carbocycles. The minimum Gasteiger partial charge on any atom is -0.389 e. The summed E-state index contributed by atoms with van der Waals surface area (Å²) in [6, 6.07) is 0. The summed E-state index contributed by atoms with van der Waals surface area (Å²) in [5.74, 6) is 0. The molecule has 0 heterocycles. The van der Waals surface area contributed by atoms with Crippen LogP contribution < -0.4 is 5.73 Å². The van der Waals surface area contributed by atoms with Gasteiger partial charge in [0.05, 0.1) is 5.60 Å². The van der Waals surface area contributed by atoms with E-state index in [1.54, 1.807) is 13.8 Å². The van der Waals surface area contributed by atoms with Gasteiger partial charge in [-0.2, -0.15) is 17.0 Å². The van der Waals surface area contributed by atoms with Gasteiger partial charge in [-0.15, -0.1) is 0 Å². The van der Waals surface area contributed by atoms with E-state index in [1.807, 2.05) is 0 Å². The van der Waals surface area contributed by atoms with Gasteiger partial charge in [-0.25, -0.2) is 0 Å². The van der Waals surface area contributed by atoms with Gasteiger partial charge >= 0.3 is 0 Å². The minimum absolute atomic E-state index is 0.0578. The number of hydrogen-bond acceptors (Lipinski definition) is 4. The third-order valence-electron chi connectivity index (χ3n) is 2.07. The van der Waals surface area contributed by atoms with Gasteiger partial charge in [0.1, 0.15) is 0 Å². The van der Waals surface area contributed by atoms with E-state index in [1.165, 1.54) is 18.4 Å². The van der Waals surface area contributed by atoms with Gasteiger partial charge in [0.2, 0.25) is 0 Å². The quantitative estimate of drug-likeness (QED) is 0.623. The molecule has 0 saturated heterocycles. The summed E-state index contributed by atoms with van der Waals surface area (Å²) in [7, 11) is -0.537. The highest BCUT2D eigenvalue weighted by Crippen LogP contribution is 2.10. The summed E-state index contributed by atoms with van der Waals surface area (Å²) < 4.78 is 26.2. The van der Waals surface area contributed by atoms with Crippen molar-refractivity contribution in [3.8, 4) is 0 Å². The van der Waals surface area contributed by atoms with Crippen molar-refractivity contribution >= 4 is 10.2 Å². The lowest BCUT2D eigenvalue weighted by atomic mass is 10.1. The molecule has 0 aromatic rings. The Bertz CT molecular complexity index is 298. The first kappa shape index (κ1) is 15.8. The summed E-state index contributed by atoms with van der Waals surface area (Å²) in [6.45, 7) is 4.03. The number of hydrogen-bond donors (Lipinski definition) is 2. The first-order valence-corrected chi connectivity index (χ1v) is 6.61. The predicted octanol–water partition coefficient (Wildman–Crippen LogP) is -0.785. The van der Waals surface area contributed by atoms with Crippen LogP contribution in [0.1, 0.15) is 20.3 Å². The predicted molar refractivity (Wildman–Crippen MR) is 64.1 cm³/mol. The highest BCUT2D eigenvalue weighted by atomic mass is 32.2. The Morgan fingerprint density at radius 1 is 1.25 bits per heavy atom. The fraction of sp³-hybridized carbons (Fsp3) is 1.00. The SMILES string of the molecule is CN(CCCN)S(=O)(=O)N(C)CC(C)(C)O. The van der Waals surface area contributed by atoms with Crippen LogP contribution in [0, 0.1) is 0 Å². The molecule has 0 spiro atoms. The molecule has 0 aliphatic rings. The van der Waals surface area contributed by atoms with E-state index in [4.69, 9.17) is 5.73 Å². The van der Waals surface area contributed by atoms with Crippen LogP contribution >= 0.6 is 0 Å². The molecule has 0 aromatic heterocycles. The molecule has 6 nitrogen and oxygen atoms in total. The Kier molecular flexibility index (Phi) is 5.85. The maximum atomic E-state index is 11.9. The number of rotatable bonds is 7. The van der Waals surface area contributed by atoms with Crippen LogP contribution in [0.25, 0.3) is 0 Å². The Hall–Kier alpha value is -0.210. The lowest BCUT2D eigenvalue weighted by Crippen LogP contribution is -2.46. The van der Waals surface area contributed by atoms with Crippen LogP contribution in [-0.2, 0) is 10.2 Å². The smallest absolute Gasteiger partial charge is 0.281 e.